The summed E-state index contributed by atoms with van der Waals surface area (Å²) >= 11 is 0. The molecule has 2 rings (SSSR count). The van der Waals surface area contributed by atoms with Crippen molar-refractivity contribution in [1.29, 1.82) is 0 Å². The second-order valence-electron chi connectivity index (χ2n) is 4.35. The Hall–Kier alpha value is -1.15. The molecule has 0 aliphatic carbocycles. The predicted molar refractivity (Wildman–Crippen MR) is 74.1 cm³/mol. The normalized spacial score (nSPS) is 17.3. The molecule has 1 saturated heterocycles. The first-order valence-corrected chi connectivity index (χ1v) is 7.65. The van der Waals surface area contributed by atoms with Crippen LogP contribution in [0, 0.1) is 0 Å². The first kappa shape index (κ1) is 14.3. The molecule has 1 aromatic rings. The Kier molecular flexibility index (Phi) is 4.76. The van der Waals surface area contributed by atoms with Crippen LogP contribution in [0.2, 0.25) is 0 Å². The van der Waals surface area contributed by atoms with Gasteiger partial charge in [-0.2, -0.15) is 12.7 Å². The number of nitrogens with zero attached hydrogens (tertiary/aromatic N) is 1. The van der Waals surface area contributed by atoms with E-state index >= 15 is 0 Å². The maximum atomic E-state index is 12.2. The number of hydrogen-bond donors (Lipinski definition) is 2. The lowest BCUT2D eigenvalue weighted by molar-refractivity contribution is 0.0733. The lowest BCUT2D eigenvalue weighted by Gasteiger charge is -2.26. The van der Waals surface area contributed by atoms with Crippen LogP contribution in [0.15, 0.2) is 24.3 Å². The molecule has 0 bridgehead atoms. The second kappa shape index (κ2) is 6.33. The Morgan fingerprint density at radius 2 is 2.05 bits per heavy atom. The summed E-state index contributed by atoms with van der Waals surface area (Å²) < 4.78 is 33.5. The van der Waals surface area contributed by atoms with Gasteiger partial charge in [0.15, 0.2) is 0 Å². The van der Waals surface area contributed by atoms with E-state index in [0.717, 1.165) is 5.56 Å². The summed E-state index contributed by atoms with van der Waals surface area (Å²) in [6.07, 6.45) is 0. The van der Waals surface area contributed by atoms with Crippen LogP contribution in [0.4, 0.5) is 5.69 Å². The lowest BCUT2D eigenvalue weighted by Crippen LogP contribution is -2.43. The first-order valence-electron chi connectivity index (χ1n) is 6.21. The van der Waals surface area contributed by atoms with Crippen molar-refractivity contribution >= 4 is 15.9 Å². The number of hydrogen-bond acceptors (Lipinski definition) is 4. The van der Waals surface area contributed by atoms with Gasteiger partial charge in [-0.3, -0.25) is 4.72 Å². The largest absolute Gasteiger partial charge is 0.379 e. The van der Waals surface area contributed by atoms with Gasteiger partial charge in [-0.05, 0) is 24.7 Å². The third-order valence-electron chi connectivity index (χ3n) is 2.86. The summed E-state index contributed by atoms with van der Waals surface area (Å²) in [5.41, 5.74) is 1.61. The molecule has 0 amide bonds. The molecule has 106 valence electrons. The van der Waals surface area contributed by atoms with Crippen molar-refractivity contribution in [3.05, 3.63) is 29.8 Å². The van der Waals surface area contributed by atoms with Crippen LogP contribution in [0.3, 0.4) is 0 Å². The lowest BCUT2D eigenvalue weighted by atomic mass is 10.2. The molecule has 0 saturated carbocycles. The van der Waals surface area contributed by atoms with Crippen molar-refractivity contribution < 1.29 is 13.2 Å². The number of benzene rings is 1. The molecule has 0 radical (unpaired) electrons. The summed E-state index contributed by atoms with van der Waals surface area (Å²) in [6.45, 7) is 2.38. The summed E-state index contributed by atoms with van der Waals surface area (Å²) in [6, 6.07) is 7.36. The average Bonchev–Trinajstić information content (AvgIpc) is 2.40. The molecule has 1 aromatic carbocycles. The number of anilines is 1. The summed E-state index contributed by atoms with van der Waals surface area (Å²) in [5, 5.41) is 3.03. The van der Waals surface area contributed by atoms with E-state index in [1.165, 1.54) is 4.31 Å². The zero-order valence-electron chi connectivity index (χ0n) is 10.9. The fourth-order valence-electron chi connectivity index (χ4n) is 1.95. The quantitative estimate of drug-likeness (QED) is 0.821. The van der Waals surface area contributed by atoms with Crippen LogP contribution in [0.5, 0.6) is 0 Å². The molecule has 0 unspecified atom stereocenters. The summed E-state index contributed by atoms with van der Waals surface area (Å²) in [7, 11) is -1.63. The van der Waals surface area contributed by atoms with Gasteiger partial charge in [0, 0.05) is 19.6 Å². The predicted octanol–water partition coefficient (Wildman–Crippen LogP) is 0.395. The van der Waals surface area contributed by atoms with Gasteiger partial charge in [0.25, 0.3) is 0 Å². The molecule has 6 nitrogen and oxygen atoms in total. The molecule has 2 N–H and O–H groups in total. The smallest absolute Gasteiger partial charge is 0.301 e. The topological polar surface area (TPSA) is 70.7 Å². The van der Waals surface area contributed by atoms with Crippen LogP contribution < -0.4 is 10.0 Å². The molecule has 1 aliphatic heterocycles. The van der Waals surface area contributed by atoms with Crippen molar-refractivity contribution in [2.24, 2.45) is 0 Å². The highest BCUT2D eigenvalue weighted by molar-refractivity contribution is 7.90. The average molecular weight is 285 g/mol. The highest BCUT2D eigenvalue weighted by atomic mass is 32.2. The van der Waals surface area contributed by atoms with E-state index in [1.54, 1.807) is 6.07 Å². The number of ether oxygens (including phenoxy) is 1. The number of nitrogens with one attached hydrogen (secondary N) is 2. The van der Waals surface area contributed by atoms with Crippen molar-refractivity contribution in [2.75, 3.05) is 38.1 Å². The van der Waals surface area contributed by atoms with Crippen LogP contribution >= 0.6 is 0 Å². The fourth-order valence-corrected chi connectivity index (χ4v) is 3.13. The van der Waals surface area contributed by atoms with Gasteiger partial charge in [-0.1, -0.05) is 12.1 Å². The SMILES string of the molecule is CNCc1cccc(NS(=O)(=O)N2CCOCC2)c1. The molecule has 1 heterocycles. The molecule has 0 aromatic heterocycles. The third kappa shape index (κ3) is 3.90. The van der Waals surface area contributed by atoms with E-state index in [0.29, 0.717) is 38.5 Å². The van der Waals surface area contributed by atoms with Crippen LogP contribution in [-0.2, 0) is 21.5 Å². The molecule has 1 aliphatic rings. The van der Waals surface area contributed by atoms with Crippen LogP contribution in [0.1, 0.15) is 5.56 Å². The fraction of sp³-hybridized carbons (Fsp3) is 0.500. The Bertz CT molecular complexity index is 513. The van der Waals surface area contributed by atoms with Crippen LogP contribution in [0.25, 0.3) is 0 Å². The van der Waals surface area contributed by atoms with Crippen molar-refractivity contribution in [3.8, 4) is 0 Å². The zero-order chi connectivity index (χ0) is 13.7. The van der Waals surface area contributed by atoms with Crippen molar-refractivity contribution in [3.63, 3.8) is 0 Å². The maximum Gasteiger partial charge on any atom is 0.301 e. The molecular formula is C12H19N3O3S. The van der Waals surface area contributed by atoms with Gasteiger partial charge in [0.1, 0.15) is 0 Å². The van der Waals surface area contributed by atoms with Gasteiger partial charge in [0.05, 0.1) is 18.9 Å². The monoisotopic (exact) mass is 285 g/mol. The van der Waals surface area contributed by atoms with E-state index in [4.69, 9.17) is 4.74 Å². The molecule has 0 atom stereocenters. The van der Waals surface area contributed by atoms with Crippen molar-refractivity contribution in [1.82, 2.24) is 9.62 Å². The highest BCUT2D eigenvalue weighted by Gasteiger charge is 2.24. The van der Waals surface area contributed by atoms with Crippen molar-refractivity contribution in [2.45, 2.75) is 6.54 Å². The molecule has 0 spiro atoms. The Balaban J connectivity index is 2.08. The standard InChI is InChI=1S/C12H19N3O3S/c1-13-10-11-3-2-4-12(9-11)14-19(16,17)15-5-7-18-8-6-15/h2-4,9,13-14H,5-8,10H2,1H3. The van der Waals surface area contributed by atoms with Gasteiger partial charge in [0.2, 0.25) is 0 Å². The van der Waals surface area contributed by atoms with Crippen LogP contribution in [-0.4, -0.2) is 46.1 Å². The molecule has 19 heavy (non-hydrogen) atoms. The van der Waals surface area contributed by atoms with Gasteiger partial charge < -0.3 is 10.1 Å². The van der Waals surface area contributed by atoms with Gasteiger partial charge >= 0.3 is 10.2 Å². The molecule has 1 fully saturated rings. The highest BCUT2D eigenvalue weighted by Crippen LogP contribution is 2.14. The van der Waals surface area contributed by atoms with Gasteiger partial charge in [-0.25, -0.2) is 0 Å². The van der Waals surface area contributed by atoms with E-state index in [-0.39, 0.29) is 0 Å². The van der Waals surface area contributed by atoms with E-state index in [1.807, 2.05) is 25.2 Å². The second-order valence-corrected chi connectivity index (χ2v) is 6.02. The molecular weight excluding hydrogens is 266 g/mol. The Morgan fingerprint density at radius 3 is 2.74 bits per heavy atom. The van der Waals surface area contributed by atoms with E-state index in [9.17, 15) is 8.42 Å². The Morgan fingerprint density at radius 1 is 1.32 bits per heavy atom. The summed E-state index contributed by atoms with van der Waals surface area (Å²) in [4.78, 5) is 0. The maximum absolute atomic E-state index is 12.2. The minimum atomic E-state index is -3.49. The first-order chi connectivity index (χ1) is 9.12. The zero-order valence-corrected chi connectivity index (χ0v) is 11.7. The van der Waals surface area contributed by atoms with E-state index < -0.39 is 10.2 Å². The minimum absolute atomic E-state index is 0.394. The number of morpholine rings is 1. The van der Waals surface area contributed by atoms with Gasteiger partial charge in [-0.15, -0.1) is 0 Å². The Labute approximate surface area is 113 Å². The third-order valence-corrected chi connectivity index (χ3v) is 4.40. The van der Waals surface area contributed by atoms with E-state index in [2.05, 4.69) is 10.0 Å². The minimum Gasteiger partial charge on any atom is -0.379 e. The number of rotatable bonds is 5. The summed E-state index contributed by atoms with van der Waals surface area (Å²) in [5.74, 6) is 0. The molecule has 7 heteroatoms.